The van der Waals surface area contributed by atoms with Crippen LogP contribution in [0.4, 0.5) is 4.39 Å². The number of aliphatic hydroxyl groups is 1. The number of hydrogen-bond donors (Lipinski definition) is 1. The summed E-state index contributed by atoms with van der Waals surface area (Å²) in [5, 5.41) is 8.65. The summed E-state index contributed by atoms with van der Waals surface area (Å²) in [6, 6.07) is 8.19. The molecular weight excluding hydrogens is 269 g/mol. The lowest BCUT2D eigenvalue weighted by Gasteiger charge is -2.08. The van der Waals surface area contributed by atoms with E-state index in [-0.39, 0.29) is 24.5 Å². The van der Waals surface area contributed by atoms with Crippen molar-refractivity contribution in [2.45, 2.75) is 19.9 Å². The average Bonchev–Trinajstić information content (AvgIpc) is 2.47. The highest BCUT2D eigenvalue weighted by atomic mass is 19.1. The van der Waals surface area contributed by atoms with Crippen LogP contribution in [0.5, 0.6) is 0 Å². The van der Waals surface area contributed by atoms with Gasteiger partial charge in [-0.2, -0.15) is 0 Å². The Morgan fingerprint density at radius 3 is 2.86 bits per heavy atom. The van der Waals surface area contributed by atoms with Crippen LogP contribution in [0.25, 0.3) is 0 Å². The molecule has 1 aromatic heterocycles. The quantitative estimate of drug-likeness (QED) is 0.877. The third-order valence-corrected chi connectivity index (χ3v) is 3.07. The second-order valence-corrected chi connectivity index (χ2v) is 4.71. The van der Waals surface area contributed by atoms with E-state index in [1.807, 2.05) is 0 Å². The smallest absolute Gasteiger partial charge is 0.253 e. The molecule has 0 aliphatic carbocycles. The first kappa shape index (κ1) is 15.0. The van der Waals surface area contributed by atoms with E-state index in [0.29, 0.717) is 23.1 Å². The highest BCUT2D eigenvalue weighted by molar-refractivity contribution is 5.37. The largest absolute Gasteiger partial charge is 0.395 e. The molecule has 2 aromatic rings. The summed E-state index contributed by atoms with van der Waals surface area (Å²) >= 11 is 0. The Bertz CT molecular complexity index is 753. The van der Waals surface area contributed by atoms with Crippen LogP contribution >= 0.6 is 0 Å². The van der Waals surface area contributed by atoms with Crippen LogP contribution in [-0.2, 0) is 6.54 Å². The van der Waals surface area contributed by atoms with Crippen LogP contribution < -0.4 is 5.56 Å². The number of rotatable bonds is 3. The molecule has 108 valence electrons. The van der Waals surface area contributed by atoms with Crippen LogP contribution in [0.15, 0.2) is 41.3 Å². The zero-order valence-electron chi connectivity index (χ0n) is 11.8. The molecule has 1 N–H and O–H groups in total. The molecule has 1 heterocycles. The van der Waals surface area contributed by atoms with Crippen molar-refractivity contribution >= 4 is 0 Å². The van der Waals surface area contributed by atoms with Crippen LogP contribution in [0.3, 0.4) is 0 Å². The summed E-state index contributed by atoms with van der Waals surface area (Å²) in [6.07, 6.45) is 2.01. The normalized spacial score (nSPS) is 10.0. The van der Waals surface area contributed by atoms with E-state index in [0.717, 1.165) is 0 Å². The molecule has 1 aromatic carbocycles. The molecule has 0 saturated carbocycles. The molecule has 3 nitrogen and oxygen atoms in total. The van der Waals surface area contributed by atoms with Gasteiger partial charge >= 0.3 is 0 Å². The molecule has 0 spiro atoms. The fourth-order valence-corrected chi connectivity index (χ4v) is 1.94. The van der Waals surface area contributed by atoms with Gasteiger partial charge in [-0.1, -0.05) is 24.0 Å². The number of nitrogens with zero attached hydrogens (tertiary/aromatic N) is 1. The maximum atomic E-state index is 14.0. The lowest BCUT2D eigenvalue weighted by molar-refractivity contribution is 0.305. The van der Waals surface area contributed by atoms with Gasteiger partial charge in [0.05, 0.1) is 13.2 Å². The Balaban J connectivity index is 2.24. The van der Waals surface area contributed by atoms with E-state index < -0.39 is 0 Å². The molecule has 21 heavy (non-hydrogen) atoms. The fourth-order valence-electron chi connectivity index (χ4n) is 1.94. The Kier molecular flexibility index (Phi) is 4.91. The summed E-state index contributed by atoms with van der Waals surface area (Å²) in [5.74, 6) is 5.13. The van der Waals surface area contributed by atoms with Gasteiger partial charge in [-0.15, -0.1) is 0 Å². The van der Waals surface area contributed by atoms with Gasteiger partial charge in [0.1, 0.15) is 5.82 Å². The molecule has 0 unspecified atom stereocenters. The van der Waals surface area contributed by atoms with Crippen molar-refractivity contribution in [3.05, 3.63) is 69.4 Å². The van der Waals surface area contributed by atoms with Crippen molar-refractivity contribution in [2.75, 3.05) is 6.61 Å². The number of benzene rings is 1. The molecule has 0 aliphatic rings. The van der Waals surface area contributed by atoms with Crippen molar-refractivity contribution in [2.24, 2.45) is 0 Å². The third kappa shape index (κ3) is 3.80. The number of aryl methyl sites for hydroxylation is 1. The molecular formula is C17H16FNO2. The van der Waals surface area contributed by atoms with E-state index >= 15 is 0 Å². The number of hydrogen-bond acceptors (Lipinski definition) is 2. The third-order valence-electron chi connectivity index (χ3n) is 3.07. The van der Waals surface area contributed by atoms with Crippen LogP contribution in [-0.4, -0.2) is 16.3 Å². The first-order valence-corrected chi connectivity index (χ1v) is 6.66. The van der Waals surface area contributed by atoms with E-state index in [1.54, 1.807) is 37.4 Å². The van der Waals surface area contributed by atoms with Crippen molar-refractivity contribution in [1.82, 2.24) is 4.57 Å². The minimum atomic E-state index is -0.390. The topological polar surface area (TPSA) is 42.2 Å². The first-order chi connectivity index (χ1) is 10.1. The van der Waals surface area contributed by atoms with Gasteiger partial charge in [-0.25, -0.2) is 4.39 Å². The zero-order valence-corrected chi connectivity index (χ0v) is 11.8. The second-order valence-electron chi connectivity index (χ2n) is 4.71. The lowest BCUT2D eigenvalue weighted by atomic mass is 10.1. The summed E-state index contributed by atoms with van der Waals surface area (Å²) in [4.78, 5) is 11.9. The second kappa shape index (κ2) is 6.87. The number of aromatic nitrogens is 1. The van der Waals surface area contributed by atoms with Gasteiger partial charge in [0, 0.05) is 29.3 Å². The number of halogens is 1. The van der Waals surface area contributed by atoms with Crippen molar-refractivity contribution in [3.8, 4) is 11.8 Å². The van der Waals surface area contributed by atoms with Crippen molar-refractivity contribution in [1.29, 1.82) is 0 Å². The highest BCUT2D eigenvalue weighted by Gasteiger charge is 2.05. The first-order valence-electron chi connectivity index (χ1n) is 6.66. The Hall–Kier alpha value is -2.38. The van der Waals surface area contributed by atoms with Gasteiger partial charge in [0.2, 0.25) is 0 Å². The van der Waals surface area contributed by atoms with Gasteiger partial charge in [0.15, 0.2) is 0 Å². The molecule has 0 bridgehead atoms. The number of pyridine rings is 1. The van der Waals surface area contributed by atoms with Crippen LogP contribution in [0, 0.1) is 24.6 Å². The average molecular weight is 285 g/mol. The minimum absolute atomic E-state index is 0.0101. The predicted octanol–water partition coefficient (Wildman–Crippen LogP) is 2.08. The monoisotopic (exact) mass is 285 g/mol. The van der Waals surface area contributed by atoms with E-state index in [2.05, 4.69) is 11.8 Å². The molecule has 0 aliphatic heterocycles. The molecule has 0 radical (unpaired) electrons. The molecule has 0 atom stereocenters. The SMILES string of the molecule is Cc1cccn(Cc2ccc(C#CCCO)cc2F)c1=O. The maximum Gasteiger partial charge on any atom is 0.253 e. The maximum absolute atomic E-state index is 14.0. The van der Waals surface area contributed by atoms with Gasteiger partial charge in [-0.05, 0) is 25.1 Å². The molecule has 0 saturated heterocycles. The van der Waals surface area contributed by atoms with Crippen LogP contribution in [0.1, 0.15) is 23.1 Å². The minimum Gasteiger partial charge on any atom is -0.395 e. The Morgan fingerprint density at radius 1 is 1.33 bits per heavy atom. The Labute approximate surface area is 122 Å². The summed E-state index contributed by atoms with van der Waals surface area (Å²) in [6.45, 7) is 1.91. The molecule has 2 rings (SSSR count). The van der Waals surface area contributed by atoms with E-state index in [4.69, 9.17) is 5.11 Å². The summed E-state index contributed by atoms with van der Waals surface area (Å²) < 4.78 is 15.5. The number of aliphatic hydroxyl groups excluding tert-OH is 1. The predicted molar refractivity (Wildman–Crippen MR) is 79.5 cm³/mol. The van der Waals surface area contributed by atoms with Crippen molar-refractivity contribution in [3.63, 3.8) is 0 Å². The summed E-state index contributed by atoms with van der Waals surface area (Å²) in [5.41, 5.74) is 1.50. The Morgan fingerprint density at radius 2 is 2.14 bits per heavy atom. The zero-order chi connectivity index (χ0) is 15.2. The van der Waals surface area contributed by atoms with Crippen LogP contribution in [0.2, 0.25) is 0 Å². The molecule has 0 amide bonds. The standard InChI is InChI=1S/C17H16FNO2/c1-13-5-4-9-19(17(13)21)12-15-8-7-14(11-16(15)18)6-2-3-10-20/h4-5,7-9,11,20H,3,10,12H2,1H3. The molecule has 4 heteroatoms. The van der Waals surface area contributed by atoms with Gasteiger partial charge in [-0.3, -0.25) is 4.79 Å². The highest BCUT2D eigenvalue weighted by Crippen LogP contribution is 2.11. The van der Waals surface area contributed by atoms with Crippen molar-refractivity contribution < 1.29 is 9.50 Å². The van der Waals surface area contributed by atoms with Gasteiger partial charge < -0.3 is 9.67 Å². The lowest BCUT2D eigenvalue weighted by Crippen LogP contribution is -2.22. The van der Waals surface area contributed by atoms with E-state index in [1.165, 1.54) is 10.6 Å². The van der Waals surface area contributed by atoms with E-state index in [9.17, 15) is 9.18 Å². The van der Waals surface area contributed by atoms with Gasteiger partial charge in [0.25, 0.3) is 5.56 Å². The summed E-state index contributed by atoms with van der Waals surface area (Å²) in [7, 11) is 0. The fraction of sp³-hybridized carbons (Fsp3) is 0.235. The molecule has 0 fully saturated rings.